The van der Waals surface area contributed by atoms with E-state index in [1.165, 1.54) is 96.3 Å². The van der Waals surface area contributed by atoms with E-state index in [-0.39, 0.29) is 0 Å². The molecular weight excluding hydrogens is 282 g/mol. The van der Waals surface area contributed by atoms with Crippen LogP contribution in [0.5, 0.6) is 0 Å². The summed E-state index contributed by atoms with van der Waals surface area (Å²) in [6.07, 6.45) is 22.1. The van der Waals surface area contributed by atoms with E-state index >= 15 is 0 Å². The lowest BCUT2D eigenvalue weighted by molar-refractivity contribution is 0.0154. The van der Waals surface area contributed by atoms with E-state index in [9.17, 15) is 0 Å². The van der Waals surface area contributed by atoms with Crippen LogP contribution in [0.2, 0.25) is 0 Å². The van der Waals surface area contributed by atoms with Gasteiger partial charge in [0.15, 0.2) is 0 Å². The van der Waals surface area contributed by atoms with Gasteiger partial charge in [-0.05, 0) is 56.8 Å². The summed E-state index contributed by atoms with van der Waals surface area (Å²) >= 11 is 0. The number of rotatable bonds is 7. The molecule has 0 saturated heterocycles. The molecule has 0 aromatic heterocycles. The highest BCUT2D eigenvalue weighted by Gasteiger charge is 2.25. The van der Waals surface area contributed by atoms with Gasteiger partial charge < -0.3 is 10.1 Å². The molecule has 3 saturated carbocycles. The summed E-state index contributed by atoms with van der Waals surface area (Å²) in [4.78, 5) is 0. The standard InChI is InChI=1S/C21H39NO/c1-3-7-18(8-4-1)17-19-11-13-21(14-12-19)23-16-15-22-20-9-5-2-6-10-20/h18-22H,1-17H2. The van der Waals surface area contributed by atoms with Crippen LogP contribution in [0.1, 0.15) is 96.3 Å². The molecule has 1 N–H and O–H groups in total. The van der Waals surface area contributed by atoms with Crippen LogP contribution in [0.4, 0.5) is 0 Å². The van der Waals surface area contributed by atoms with E-state index in [2.05, 4.69) is 5.32 Å². The third kappa shape index (κ3) is 6.38. The molecule has 0 unspecified atom stereocenters. The van der Waals surface area contributed by atoms with E-state index in [1.54, 1.807) is 0 Å². The smallest absolute Gasteiger partial charge is 0.0594 e. The van der Waals surface area contributed by atoms with E-state index in [0.717, 1.165) is 31.0 Å². The second-order valence-electron chi connectivity index (χ2n) is 8.54. The maximum Gasteiger partial charge on any atom is 0.0594 e. The van der Waals surface area contributed by atoms with Crippen LogP contribution in [-0.2, 0) is 4.74 Å². The molecule has 3 fully saturated rings. The Labute approximate surface area is 144 Å². The molecule has 134 valence electrons. The second kappa shape index (κ2) is 10.0. The minimum Gasteiger partial charge on any atom is -0.377 e. The first-order chi connectivity index (χ1) is 11.4. The van der Waals surface area contributed by atoms with Gasteiger partial charge in [-0.3, -0.25) is 0 Å². The fraction of sp³-hybridized carbons (Fsp3) is 1.00. The summed E-state index contributed by atoms with van der Waals surface area (Å²) in [7, 11) is 0. The molecule has 0 atom stereocenters. The van der Waals surface area contributed by atoms with Crippen LogP contribution in [-0.4, -0.2) is 25.3 Å². The molecule has 0 radical (unpaired) electrons. The van der Waals surface area contributed by atoms with E-state index in [1.807, 2.05) is 0 Å². The Morgan fingerprint density at radius 2 is 1.26 bits per heavy atom. The van der Waals surface area contributed by atoms with Crippen molar-refractivity contribution in [1.82, 2.24) is 5.32 Å². The van der Waals surface area contributed by atoms with Crippen molar-refractivity contribution in [2.45, 2.75) is 108 Å². The molecule has 0 amide bonds. The molecule has 0 aromatic rings. The lowest BCUT2D eigenvalue weighted by Gasteiger charge is -2.32. The Morgan fingerprint density at radius 3 is 1.96 bits per heavy atom. The molecule has 3 aliphatic rings. The first kappa shape index (κ1) is 17.7. The summed E-state index contributed by atoms with van der Waals surface area (Å²) in [5, 5.41) is 3.70. The Kier molecular flexibility index (Phi) is 7.74. The van der Waals surface area contributed by atoms with Crippen molar-refractivity contribution in [3.63, 3.8) is 0 Å². The third-order valence-electron chi connectivity index (χ3n) is 6.68. The summed E-state index contributed by atoms with van der Waals surface area (Å²) in [5.74, 6) is 2.07. The van der Waals surface area contributed by atoms with E-state index < -0.39 is 0 Å². The van der Waals surface area contributed by atoms with E-state index in [0.29, 0.717) is 6.10 Å². The van der Waals surface area contributed by atoms with Gasteiger partial charge in [0.25, 0.3) is 0 Å². The first-order valence-electron chi connectivity index (χ1n) is 10.7. The predicted octanol–water partition coefficient (Wildman–Crippen LogP) is 5.45. The first-order valence-corrected chi connectivity index (χ1v) is 10.7. The average Bonchev–Trinajstić information content (AvgIpc) is 2.62. The van der Waals surface area contributed by atoms with E-state index in [4.69, 9.17) is 4.74 Å². The summed E-state index contributed by atoms with van der Waals surface area (Å²) in [6, 6.07) is 0.776. The number of hydrogen-bond donors (Lipinski definition) is 1. The van der Waals surface area contributed by atoms with Crippen molar-refractivity contribution >= 4 is 0 Å². The molecule has 3 rings (SSSR count). The number of ether oxygens (including phenoxy) is 1. The topological polar surface area (TPSA) is 21.3 Å². The molecular formula is C21H39NO. The van der Waals surface area contributed by atoms with Gasteiger partial charge in [0.2, 0.25) is 0 Å². The molecule has 3 aliphatic carbocycles. The van der Waals surface area contributed by atoms with Gasteiger partial charge in [0.05, 0.1) is 12.7 Å². The molecule has 0 bridgehead atoms. The maximum atomic E-state index is 6.15. The minimum atomic E-state index is 0.561. The predicted molar refractivity (Wildman–Crippen MR) is 97.8 cm³/mol. The fourth-order valence-electron chi connectivity index (χ4n) is 5.22. The monoisotopic (exact) mass is 321 g/mol. The van der Waals surface area contributed by atoms with Crippen molar-refractivity contribution in [2.75, 3.05) is 13.2 Å². The van der Waals surface area contributed by atoms with Crippen molar-refractivity contribution in [3.8, 4) is 0 Å². The third-order valence-corrected chi connectivity index (χ3v) is 6.68. The van der Waals surface area contributed by atoms with Gasteiger partial charge in [-0.1, -0.05) is 51.4 Å². The van der Waals surface area contributed by atoms with Gasteiger partial charge in [-0.15, -0.1) is 0 Å². The summed E-state index contributed by atoms with van der Waals surface area (Å²) in [5.41, 5.74) is 0. The summed E-state index contributed by atoms with van der Waals surface area (Å²) < 4.78 is 6.15. The number of hydrogen-bond acceptors (Lipinski definition) is 2. The lowest BCUT2D eigenvalue weighted by Crippen LogP contribution is -2.34. The summed E-state index contributed by atoms with van der Waals surface area (Å²) in [6.45, 7) is 1.99. The minimum absolute atomic E-state index is 0.561. The molecule has 2 nitrogen and oxygen atoms in total. The normalized spacial score (nSPS) is 31.3. The fourth-order valence-corrected chi connectivity index (χ4v) is 5.22. The lowest BCUT2D eigenvalue weighted by atomic mass is 9.77. The zero-order chi connectivity index (χ0) is 15.7. The van der Waals surface area contributed by atoms with Gasteiger partial charge in [0.1, 0.15) is 0 Å². The van der Waals surface area contributed by atoms with Crippen LogP contribution in [0.3, 0.4) is 0 Å². The highest BCUT2D eigenvalue weighted by Crippen LogP contribution is 2.35. The second-order valence-corrected chi connectivity index (χ2v) is 8.54. The van der Waals surface area contributed by atoms with Gasteiger partial charge in [-0.2, -0.15) is 0 Å². The molecule has 0 spiro atoms. The molecule has 0 aliphatic heterocycles. The molecule has 23 heavy (non-hydrogen) atoms. The van der Waals surface area contributed by atoms with Crippen molar-refractivity contribution in [3.05, 3.63) is 0 Å². The Bertz CT molecular complexity index is 296. The average molecular weight is 322 g/mol. The molecule has 2 heteroatoms. The van der Waals surface area contributed by atoms with Crippen LogP contribution in [0.15, 0.2) is 0 Å². The highest BCUT2D eigenvalue weighted by molar-refractivity contribution is 4.77. The Hall–Kier alpha value is -0.0800. The zero-order valence-corrected chi connectivity index (χ0v) is 15.2. The quantitative estimate of drug-likeness (QED) is 0.629. The van der Waals surface area contributed by atoms with Crippen molar-refractivity contribution in [1.29, 1.82) is 0 Å². The van der Waals surface area contributed by atoms with Crippen LogP contribution >= 0.6 is 0 Å². The largest absolute Gasteiger partial charge is 0.377 e. The van der Waals surface area contributed by atoms with Crippen molar-refractivity contribution < 1.29 is 4.74 Å². The van der Waals surface area contributed by atoms with Crippen LogP contribution < -0.4 is 5.32 Å². The maximum absolute atomic E-state index is 6.15. The van der Waals surface area contributed by atoms with Crippen LogP contribution in [0.25, 0.3) is 0 Å². The Morgan fingerprint density at radius 1 is 0.652 bits per heavy atom. The van der Waals surface area contributed by atoms with Gasteiger partial charge >= 0.3 is 0 Å². The van der Waals surface area contributed by atoms with Gasteiger partial charge in [-0.25, -0.2) is 0 Å². The van der Waals surface area contributed by atoms with Gasteiger partial charge in [0, 0.05) is 12.6 Å². The molecule has 0 heterocycles. The zero-order valence-electron chi connectivity index (χ0n) is 15.2. The Balaban J connectivity index is 1.21. The SMILES string of the molecule is C1CCC(CC2CCC(OCCNC3CCCCC3)CC2)CC1. The highest BCUT2D eigenvalue weighted by atomic mass is 16.5. The molecule has 0 aromatic carbocycles. The number of nitrogens with one attached hydrogen (secondary N) is 1. The van der Waals surface area contributed by atoms with Crippen LogP contribution in [0, 0.1) is 11.8 Å². The van der Waals surface area contributed by atoms with Crippen molar-refractivity contribution in [2.24, 2.45) is 11.8 Å².